The molecule has 0 aliphatic carbocycles. The van der Waals surface area contributed by atoms with Gasteiger partial charge in [0.1, 0.15) is 0 Å². The van der Waals surface area contributed by atoms with E-state index < -0.39 is 0 Å². The summed E-state index contributed by atoms with van der Waals surface area (Å²) in [5.41, 5.74) is 0. The van der Waals surface area contributed by atoms with Crippen LogP contribution >= 0.6 is 0 Å². The molecule has 0 radical (unpaired) electrons. The molecule has 2 heterocycles. The third-order valence-electron chi connectivity index (χ3n) is 3.36. The second-order valence-corrected chi connectivity index (χ2v) is 4.37. The Labute approximate surface area is 90.2 Å². The number of nitrogens with zero attached hydrogens (tertiary/aromatic N) is 2. The maximum Gasteiger partial charge on any atom is 0.227 e. The zero-order valence-electron chi connectivity index (χ0n) is 9.24. The molecule has 15 heavy (non-hydrogen) atoms. The fourth-order valence-corrected chi connectivity index (χ4v) is 2.44. The van der Waals surface area contributed by atoms with E-state index in [4.69, 9.17) is 0 Å². The number of hydrogen-bond acceptors (Lipinski definition) is 2. The molecule has 4 nitrogen and oxygen atoms in total. The van der Waals surface area contributed by atoms with Crippen molar-refractivity contribution in [3.8, 4) is 0 Å². The molecule has 84 valence electrons. The van der Waals surface area contributed by atoms with E-state index in [9.17, 15) is 9.59 Å². The van der Waals surface area contributed by atoms with Gasteiger partial charge < -0.3 is 9.80 Å². The van der Waals surface area contributed by atoms with Crippen molar-refractivity contribution in [2.24, 2.45) is 5.92 Å². The molecule has 0 aromatic carbocycles. The van der Waals surface area contributed by atoms with Gasteiger partial charge in [-0.1, -0.05) is 0 Å². The zero-order valence-corrected chi connectivity index (χ0v) is 9.24. The van der Waals surface area contributed by atoms with E-state index >= 15 is 0 Å². The summed E-state index contributed by atoms with van der Waals surface area (Å²) < 4.78 is 0. The molecule has 2 aliphatic rings. The third-order valence-corrected chi connectivity index (χ3v) is 3.36. The van der Waals surface area contributed by atoms with Crippen LogP contribution in [0.1, 0.15) is 26.2 Å². The first-order valence-electron chi connectivity index (χ1n) is 5.79. The SMILES string of the molecule is CCN1CC(C(=O)N2CCCC2)CC1=O. The Morgan fingerprint density at radius 3 is 2.60 bits per heavy atom. The lowest BCUT2D eigenvalue weighted by Gasteiger charge is -2.19. The monoisotopic (exact) mass is 210 g/mol. The van der Waals surface area contributed by atoms with Crippen LogP contribution in [0, 0.1) is 5.92 Å². The summed E-state index contributed by atoms with van der Waals surface area (Å²) in [6.07, 6.45) is 2.65. The highest BCUT2D eigenvalue weighted by molar-refractivity contribution is 5.89. The lowest BCUT2D eigenvalue weighted by molar-refractivity contribution is -0.134. The molecule has 4 heteroatoms. The van der Waals surface area contributed by atoms with Crippen molar-refractivity contribution in [1.82, 2.24) is 9.80 Å². The number of carbonyl (C=O) groups is 2. The van der Waals surface area contributed by atoms with Gasteiger partial charge in [-0.25, -0.2) is 0 Å². The molecule has 2 saturated heterocycles. The van der Waals surface area contributed by atoms with Gasteiger partial charge in [-0.15, -0.1) is 0 Å². The molecule has 1 unspecified atom stereocenters. The first-order chi connectivity index (χ1) is 7.22. The normalized spacial score (nSPS) is 26.5. The van der Waals surface area contributed by atoms with Crippen LogP contribution in [0.15, 0.2) is 0 Å². The van der Waals surface area contributed by atoms with E-state index in [2.05, 4.69) is 0 Å². The second kappa shape index (κ2) is 4.21. The number of likely N-dealkylation sites (tertiary alicyclic amines) is 2. The summed E-state index contributed by atoms with van der Waals surface area (Å²) in [7, 11) is 0. The first kappa shape index (κ1) is 10.5. The molecule has 2 fully saturated rings. The van der Waals surface area contributed by atoms with E-state index in [0.29, 0.717) is 13.0 Å². The molecular formula is C11H18N2O2. The average molecular weight is 210 g/mol. The minimum absolute atomic E-state index is 0.0736. The molecule has 0 spiro atoms. The summed E-state index contributed by atoms with van der Waals surface area (Å²) in [6.45, 7) is 5.08. The van der Waals surface area contributed by atoms with Crippen LogP contribution in [0.25, 0.3) is 0 Å². The van der Waals surface area contributed by atoms with Gasteiger partial charge >= 0.3 is 0 Å². The predicted molar refractivity (Wildman–Crippen MR) is 56.2 cm³/mol. The van der Waals surface area contributed by atoms with Crippen molar-refractivity contribution >= 4 is 11.8 Å². The Kier molecular flexibility index (Phi) is 2.93. The van der Waals surface area contributed by atoms with E-state index in [-0.39, 0.29) is 17.7 Å². The van der Waals surface area contributed by atoms with Gasteiger partial charge in [0.05, 0.1) is 5.92 Å². The highest BCUT2D eigenvalue weighted by Crippen LogP contribution is 2.21. The van der Waals surface area contributed by atoms with Crippen molar-refractivity contribution in [3.05, 3.63) is 0 Å². The van der Waals surface area contributed by atoms with Crippen molar-refractivity contribution in [2.45, 2.75) is 26.2 Å². The summed E-state index contributed by atoms with van der Waals surface area (Å²) in [4.78, 5) is 27.2. The average Bonchev–Trinajstić information content (AvgIpc) is 2.85. The quantitative estimate of drug-likeness (QED) is 0.665. The van der Waals surface area contributed by atoms with Crippen LogP contribution in [0.2, 0.25) is 0 Å². The minimum atomic E-state index is -0.0736. The smallest absolute Gasteiger partial charge is 0.227 e. The fourth-order valence-electron chi connectivity index (χ4n) is 2.44. The molecule has 1 atom stereocenters. The summed E-state index contributed by atoms with van der Waals surface area (Å²) in [5, 5.41) is 0. The van der Waals surface area contributed by atoms with Crippen LogP contribution in [0.4, 0.5) is 0 Å². The Morgan fingerprint density at radius 1 is 1.40 bits per heavy atom. The molecule has 2 amide bonds. The summed E-state index contributed by atoms with van der Waals surface area (Å²) in [5.74, 6) is 0.252. The molecule has 0 aromatic rings. The van der Waals surface area contributed by atoms with Crippen molar-refractivity contribution in [2.75, 3.05) is 26.2 Å². The highest BCUT2D eigenvalue weighted by Gasteiger charge is 2.36. The maximum atomic E-state index is 12.0. The number of hydrogen-bond donors (Lipinski definition) is 0. The lowest BCUT2D eigenvalue weighted by atomic mass is 10.1. The molecule has 2 aliphatic heterocycles. The van der Waals surface area contributed by atoms with Crippen LogP contribution in [-0.2, 0) is 9.59 Å². The number of carbonyl (C=O) groups excluding carboxylic acids is 2. The standard InChI is InChI=1S/C11H18N2O2/c1-2-12-8-9(7-10(12)14)11(15)13-5-3-4-6-13/h9H,2-8H2,1H3. The topological polar surface area (TPSA) is 40.6 Å². The van der Waals surface area contributed by atoms with E-state index in [1.54, 1.807) is 4.90 Å². The van der Waals surface area contributed by atoms with Gasteiger partial charge in [0.2, 0.25) is 11.8 Å². The van der Waals surface area contributed by atoms with E-state index in [1.807, 2.05) is 11.8 Å². The van der Waals surface area contributed by atoms with Crippen molar-refractivity contribution in [1.29, 1.82) is 0 Å². The lowest BCUT2D eigenvalue weighted by Crippen LogP contribution is -2.35. The van der Waals surface area contributed by atoms with Crippen molar-refractivity contribution in [3.63, 3.8) is 0 Å². The van der Waals surface area contributed by atoms with Crippen LogP contribution in [0.5, 0.6) is 0 Å². The molecule has 0 bridgehead atoms. The fraction of sp³-hybridized carbons (Fsp3) is 0.818. The van der Waals surface area contributed by atoms with Crippen LogP contribution in [-0.4, -0.2) is 47.8 Å². The maximum absolute atomic E-state index is 12.0. The van der Waals surface area contributed by atoms with E-state index in [1.165, 1.54) is 0 Å². The van der Waals surface area contributed by atoms with Gasteiger partial charge in [-0.2, -0.15) is 0 Å². The Bertz CT molecular complexity index is 272. The second-order valence-electron chi connectivity index (χ2n) is 4.37. The molecule has 0 aromatic heterocycles. The van der Waals surface area contributed by atoms with Gasteiger partial charge in [0.25, 0.3) is 0 Å². The van der Waals surface area contributed by atoms with Gasteiger partial charge in [0, 0.05) is 32.6 Å². The Morgan fingerprint density at radius 2 is 2.07 bits per heavy atom. The van der Waals surface area contributed by atoms with Crippen LogP contribution < -0.4 is 0 Å². The third kappa shape index (κ3) is 1.98. The van der Waals surface area contributed by atoms with Gasteiger partial charge in [-0.3, -0.25) is 9.59 Å². The number of amides is 2. The minimum Gasteiger partial charge on any atom is -0.342 e. The van der Waals surface area contributed by atoms with Gasteiger partial charge in [-0.05, 0) is 19.8 Å². The predicted octanol–water partition coefficient (Wildman–Crippen LogP) is 0.477. The van der Waals surface area contributed by atoms with E-state index in [0.717, 1.165) is 32.5 Å². The largest absolute Gasteiger partial charge is 0.342 e. The Hall–Kier alpha value is -1.06. The summed E-state index contributed by atoms with van der Waals surface area (Å²) in [6, 6.07) is 0. The van der Waals surface area contributed by atoms with Gasteiger partial charge in [0.15, 0.2) is 0 Å². The zero-order chi connectivity index (χ0) is 10.8. The molecule has 0 N–H and O–H groups in total. The highest BCUT2D eigenvalue weighted by atomic mass is 16.2. The first-order valence-corrected chi connectivity index (χ1v) is 5.79. The molecule has 0 saturated carbocycles. The summed E-state index contributed by atoms with van der Waals surface area (Å²) >= 11 is 0. The molecular weight excluding hydrogens is 192 g/mol. The Balaban J connectivity index is 1.94. The number of rotatable bonds is 2. The van der Waals surface area contributed by atoms with Crippen LogP contribution in [0.3, 0.4) is 0 Å². The van der Waals surface area contributed by atoms with Crippen molar-refractivity contribution < 1.29 is 9.59 Å². The molecule has 2 rings (SSSR count).